The number of ether oxygens (including phenoxy) is 1. The molecule has 1 N–H and O–H groups in total. The monoisotopic (exact) mass is 533 g/mol. The first-order chi connectivity index (χ1) is 19.0. The fourth-order valence-electron chi connectivity index (χ4n) is 6.51. The van der Waals surface area contributed by atoms with E-state index in [1.165, 1.54) is 32.1 Å². The molecule has 2 aliphatic carbocycles. The Kier molecular flexibility index (Phi) is 6.20. The Balaban J connectivity index is 0.980. The summed E-state index contributed by atoms with van der Waals surface area (Å²) in [6, 6.07) is 3.72. The van der Waals surface area contributed by atoms with Crippen molar-refractivity contribution in [3.63, 3.8) is 0 Å². The highest BCUT2D eigenvalue weighted by molar-refractivity contribution is 5.95. The van der Waals surface area contributed by atoms with Crippen LogP contribution in [-0.4, -0.2) is 76.1 Å². The maximum absolute atomic E-state index is 13.6. The highest BCUT2D eigenvalue weighted by Gasteiger charge is 2.37. The molecule has 3 amide bonds. The second-order valence-corrected chi connectivity index (χ2v) is 11.8. The Morgan fingerprint density at radius 1 is 0.949 bits per heavy atom. The SMILES string of the molecule is O=C(c1cc(OCC2CCCCC2)nc(C2CC2)c1)N1CC2=C(C1)CN(C(=O)N1CCc3c(o[nH]c3=O)C1)C2. The number of hydrogen-bond acceptors (Lipinski definition) is 6. The maximum Gasteiger partial charge on any atom is 0.321 e. The number of hydrogen-bond donors (Lipinski definition) is 1. The fourth-order valence-corrected chi connectivity index (χ4v) is 6.51. The number of aromatic nitrogens is 2. The molecule has 5 aliphatic rings. The van der Waals surface area contributed by atoms with Crippen molar-refractivity contribution in [1.82, 2.24) is 24.8 Å². The summed E-state index contributed by atoms with van der Waals surface area (Å²) in [4.78, 5) is 48.8. The molecule has 7 rings (SSSR count). The molecule has 10 nitrogen and oxygen atoms in total. The molecule has 0 radical (unpaired) electrons. The molecule has 0 unspecified atom stereocenters. The molecule has 2 saturated carbocycles. The van der Waals surface area contributed by atoms with Gasteiger partial charge >= 0.3 is 6.03 Å². The minimum Gasteiger partial charge on any atom is -0.477 e. The van der Waals surface area contributed by atoms with Crippen molar-refractivity contribution in [2.24, 2.45) is 5.92 Å². The van der Waals surface area contributed by atoms with Crippen LogP contribution < -0.4 is 10.3 Å². The molecule has 0 spiro atoms. The summed E-state index contributed by atoms with van der Waals surface area (Å²) in [5.41, 5.74) is 4.35. The van der Waals surface area contributed by atoms with E-state index in [1.807, 2.05) is 21.9 Å². The van der Waals surface area contributed by atoms with Crippen LogP contribution in [0.2, 0.25) is 0 Å². The number of carbonyl (C=O) groups excluding carboxylic acids is 2. The molecule has 0 saturated heterocycles. The second kappa shape index (κ2) is 9.88. The van der Waals surface area contributed by atoms with E-state index in [0.29, 0.717) is 86.9 Å². The minimum atomic E-state index is -0.204. The largest absolute Gasteiger partial charge is 0.477 e. The molecule has 10 heteroatoms. The average molecular weight is 534 g/mol. The zero-order chi connectivity index (χ0) is 26.5. The lowest BCUT2D eigenvalue weighted by Gasteiger charge is -2.31. The van der Waals surface area contributed by atoms with Crippen LogP contribution in [0.4, 0.5) is 4.79 Å². The van der Waals surface area contributed by atoms with E-state index in [9.17, 15) is 14.4 Å². The number of amides is 3. The Bertz CT molecular complexity index is 1360. The molecule has 2 fully saturated rings. The van der Waals surface area contributed by atoms with Gasteiger partial charge in [-0.05, 0) is 55.2 Å². The topological polar surface area (TPSA) is 112 Å². The van der Waals surface area contributed by atoms with E-state index in [2.05, 4.69) is 5.16 Å². The highest BCUT2D eigenvalue weighted by Crippen LogP contribution is 2.40. The molecule has 206 valence electrons. The molecule has 0 aromatic carbocycles. The first-order valence-electron chi connectivity index (χ1n) is 14.4. The van der Waals surface area contributed by atoms with Crippen molar-refractivity contribution in [2.75, 3.05) is 39.3 Å². The quantitative estimate of drug-likeness (QED) is 0.590. The van der Waals surface area contributed by atoms with Crippen LogP contribution in [0.3, 0.4) is 0 Å². The third-order valence-corrected chi connectivity index (χ3v) is 8.95. The van der Waals surface area contributed by atoms with Crippen molar-refractivity contribution in [3.05, 3.63) is 56.2 Å². The number of nitrogens with zero attached hydrogens (tertiary/aromatic N) is 4. The van der Waals surface area contributed by atoms with Crippen LogP contribution >= 0.6 is 0 Å². The molecule has 3 aliphatic heterocycles. The van der Waals surface area contributed by atoms with Gasteiger partial charge in [-0.25, -0.2) is 9.78 Å². The van der Waals surface area contributed by atoms with Crippen molar-refractivity contribution < 1.29 is 18.8 Å². The fraction of sp³-hybridized carbons (Fsp3) is 0.586. The number of urea groups is 1. The maximum atomic E-state index is 13.6. The summed E-state index contributed by atoms with van der Waals surface area (Å²) in [5, 5.41) is 2.37. The minimum absolute atomic E-state index is 0.000129. The Morgan fingerprint density at radius 2 is 1.69 bits per heavy atom. The van der Waals surface area contributed by atoms with Crippen molar-refractivity contribution >= 4 is 11.9 Å². The summed E-state index contributed by atoms with van der Waals surface area (Å²) < 4.78 is 11.4. The highest BCUT2D eigenvalue weighted by atomic mass is 16.5. The second-order valence-electron chi connectivity index (χ2n) is 11.8. The Morgan fingerprint density at radius 3 is 2.44 bits per heavy atom. The molecule has 39 heavy (non-hydrogen) atoms. The van der Waals surface area contributed by atoms with E-state index in [-0.39, 0.29) is 17.5 Å². The van der Waals surface area contributed by atoms with Gasteiger partial charge in [0.1, 0.15) is 0 Å². The van der Waals surface area contributed by atoms with Gasteiger partial charge in [-0.2, -0.15) is 5.16 Å². The number of rotatable bonds is 5. The lowest BCUT2D eigenvalue weighted by atomic mass is 9.90. The number of fused-ring (bicyclic) bond motifs is 1. The van der Waals surface area contributed by atoms with Gasteiger partial charge in [0.15, 0.2) is 5.76 Å². The molecule has 0 atom stereocenters. The zero-order valence-corrected chi connectivity index (χ0v) is 22.2. The van der Waals surface area contributed by atoms with Crippen LogP contribution in [0.1, 0.15) is 78.2 Å². The molecule has 5 heterocycles. The molecule has 2 aromatic rings. The predicted molar refractivity (Wildman–Crippen MR) is 142 cm³/mol. The summed E-state index contributed by atoms with van der Waals surface area (Å²) in [5.74, 6) is 2.13. The molecule has 2 aromatic heterocycles. The predicted octanol–water partition coefficient (Wildman–Crippen LogP) is 3.45. The normalized spacial score (nSPS) is 21.4. The molecular weight excluding hydrogens is 498 g/mol. The number of pyridine rings is 1. The van der Waals surface area contributed by atoms with E-state index in [0.717, 1.165) is 29.7 Å². The van der Waals surface area contributed by atoms with Gasteiger partial charge in [-0.3, -0.25) is 9.59 Å². The van der Waals surface area contributed by atoms with Crippen LogP contribution in [0.5, 0.6) is 5.88 Å². The van der Waals surface area contributed by atoms with Gasteiger partial charge in [0.05, 0.1) is 18.7 Å². The van der Waals surface area contributed by atoms with Gasteiger partial charge in [-0.15, -0.1) is 0 Å². The van der Waals surface area contributed by atoms with Gasteiger partial charge in [0, 0.05) is 56.0 Å². The van der Waals surface area contributed by atoms with Crippen LogP contribution in [0.15, 0.2) is 32.6 Å². The number of carbonyl (C=O) groups is 2. The van der Waals surface area contributed by atoms with E-state index < -0.39 is 0 Å². The van der Waals surface area contributed by atoms with Crippen molar-refractivity contribution in [3.8, 4) is 5.88 Å². The Labute approximate surface area is 226 Å². The van der Waals surface area contributed by atoms with Crippen LogP contribution in [-0.2, 0) is 13.0 Å². The zero-order valence-electron chi connectivity index (χ0n) is 22.2. The van der Waals surface area contributed by atoms with Gasteiger partial charge in [0.25, 0.3) is 11.5 Å². The lowest BCUT2D eigenvalue weighted by Crippen LogP contribution is -2.46. The third-order valence-electron chi connectivity index (χ3n) is 8.95. The summed E-state index contributed by atoms with van der Waals surface area (Å²) in [6.45, 7) is 3.59. The number of H-pyrrole nitrogens is 1. The summed E-state index contributed by atoms with van der Waals surface area (Å²) >= 11 is 0. The van der Waals surface area contributed by atoms with Crippen molar-refractivity contribution in [1.29, 1.82) is 0 Å². The van der Waals surface area contributed by atoms with Crippen LogP contribution in [0.25, 0.3) is 0 Å². The summed E-state index contributed by atoms with van der Waals surface area (Å²) in [7, 11) is 0. The first-order valence-corrected chi connectivity index (χ1v) is 14.4. The van der Waals surface area contributed by atoms with Gasteiger partial charge < -0.3 is 24.0 Å². The van der Waals surface area contributed by atoms with E-state index in [4.69, 9.17) is 14.2 Å². The summed E-state index contributed by atoms with van der Waals surface area (Å²) in [6.07, 6.45) is 9.00. The smallest absolute Gasteiger partial charge is 0.321 e. The number of nitrogens with one attached hydrogen (secondary N) is 1. The Hall–Kier alpha value is -3.56. The number of aromatic amines is 1. The van der Waals surface area contributed by atoms with Gasteiger partial charge in [0.2, 0.25) is 5.88 Å². The van der Waals surface area contributed by atoms with E-state index >= 15 is 0 Å². The molecular formula is C29H35N5O5. The first kappa shape index (κ1) is 24.5. The lowest BCUT2D eigenvalue weighted by molar-refractivity contribution is 0.0789. The van der Waals surface area contributed by atoms with Crippen LogP contribution in [0, 0.1) is 5.92 Å². The average Bonchev–Trinajstić information content (AvgIpc) is 3.49. The van der Waals surface area contributed by atoms with E-state index in [1.54, 1.807) is 4.90 Å². The molecule has 0 bridgehead atoms. The van der Waals surface area contributed by atoms with Crippen molar-refractivity contribution in [2.45, 2.75) is 63.8 Å². The van der Waals surface area contributed by atoms with Gasteiger partial charge in [-0.1, -0.05) is 19.3 Å². The third kappa shape index (κ3) is 4.85. The standard InChI is InChI=1S/C29H35N5O5/c35-27-23-8-9-32(16-25(23)39-31-27)29(37)34-14-21-12-33(13-22(21)15-34)28(36)20-10-24(19-6-7-19)30-26(11-20)38-17-18-4-2-1-3-5-18/h10-11,18-19H,1-9,12-17H2,(H,31,35).